The van der Waals surface area contributed by atoms with Crippen LogP contribution in [-0.2, 0) is 19.5 Å². The highest BCUT2D eigenvalue weighted by Gasteiger charge is 2.22. The number of fused-ring (bicyclic) bond motifs is 1. The van der Waals surface area contributed by atoms with Crippen LogP contribution in [0, 0.1) is 0 Å². The van der Waals surface area contributed by atoms with Crippen molar-refractivity contribution in [2.24, 2.45) is 0 Å². The summed E-state index contributed by atoms with van der Waals surface area (Å²) >= 11 is 0. The molecule has 2 heterocycles. The van der Waals surface area contributed by atoms with Gasteiger partial charge in [0.2, 0.25) is 0 Å². The van der Waals surface area contributed by atoms with Crippen molar-refractivity contribution in [1.29, 1.82) is 0 Å². The molecule has 2 aromatic rings. The minimum Gasteiger partial charge on any atom is -0.494 e. The fraction of sp³-hybridized carbons (Fsp3) is 0.389. The SMILES string of the molecule is CCOc1cc2c(cc1CNC(=O)NCc1ccoc1)O[C@H](C)C2. The van der Waals surface area contributed by atoms with E-state index < -0.39 is 0 Å². The Morgan fingerprint density at radius 1 is 1.33 bits per heavy atom. The van der Waals surface area contributed by atoms with Gasteiger partial charge < -0.3 is 24.5 Å². The van der Waals surface area contributed by atoms with Crippen LogP contribution in [0.15, 0.2) is 35.1 Å². The highest BCUT2D eigenvalue weighted by Crippen LogP contribution is 2.35. The van der Waals surface area contributed by atoms with Crippen LogP contribution in [0.3, 0.4) is 0 Å². The standard InChI is InChI=1S/C18H22N2O4/c1-3-23-16-7-14-6-12(2)24-17(14)8-15(16)10-20-18(21)19-9-13-4-5-22-11-13/h4-5,7-8,11-12H,3,6,9-10H2,1-2H3,(H2,19,20,21)/t12-/m1/s1. The first-order valence-corrected chi connectivity index (χ1v) is 8.13. The third-order valence-corrected chi connectivity index (χ3v) is 3.85. The predicted molar refractivity (Wildman–Crippen MR) is 89.2 cm³/mol. The molecule has 0 aliphatic carbocycles. The molecule has 3 rings (SSSR count). The van der Waals surface area contributed by atoms with Crippen LogP contribution in [0.4, 0.5) is 4.79 Å². The lowest BCUT2D eigenvalue weighted by molar-refractivity contribution is 0.239. The molecule has 128 valence electrons. The Morgan fingerprint density at radius 3 is 2.92 bits per heavy atom. The van der Waals surface area contributed by atoms with Gasteiger partial charge in [-0.2, -0.15) is 0 Å². The third kappa shape index (κ3) is 3.82. The number of rotatable bonds is 6. The van der Waals surface area contributed by atoms with E-state index in [4.69, 9.17) is 13.9 Å². The summed E-state index contributed by atoms with van der Waals surface area (Å²) in [5, 5.41) is 5.63. The van der Waals surface area contributed by atoms with E-state index in [9.17, 15) is 4.79 Å². The zero-order chi connectivity index (χ0) is 16.9. The van der Waals surface area contributed by atoms with Gasteiger partial charge in [-0.25, -0.2) is 4.79 Å². The van der Waals surface area contributed by atoms with Crippen LogP contribution in [-0.4, -0.2) is 18.7 Å². The molecule has 1 aliphatic heterocycles. The van der Waals surface area contributed by atoms with Gasteiger partial charge in [0.15, 0.2) is 0 Å². The van der Waals surface area contributed by atoms with Crippen molar-refractivity contribution in [2.75, 3.05) is 6.61 Å². The molecule has 1 aliphatic rings. The first-order valence-electron chi connectivity index (χ1n) is 8.13. The second-order valence-corrected chi connectivity index (χ2v) is 5.80. The summed E-state index contributed by atoms with van der Waals surface area (Å²) in [7, 11) is 0. The number of carbonyl (C=O) groups excluding carboxylic acids is 1. The minimum absolute atomic E-state index is 0.177. The van der Waals surface area contributed by atoms with E-state index in [2.05, 4.69) is 10.6 Å². The van der Waals surface area contributed by atoms with Crippen molar-refractivity contribution in [1.82, 2.24) is 10.6 Å². The van der Waals surface area contributed by atoms with Crippen molar-refractivity contribution < 1.29 is 18.7 Å². The topological polar surface area (TPSA) is 72.7 Å². The summed E-state index contributed by atoms with van der Waals surface area (Å²) in [6.07, 6.45) is 4.24. The predicted octanol–water partition coefficient (Wildman–Crippen LogP) is 3.00. The quantitative estimate of drug-likeness (QED) is 0.854. The molecule has 6 heteroatoms. The van der Waals surface area contributed by atoms with Crippen molar-refractivity contribution in [2.45, 2.75) is 39.5 Å². The summed E-state index contributed by atoms with van der Waals surface area (Å²) in [5.41, 5.74) is 2.97. The molecule has 1 atom stereocenters. The number of urea groups is 1. The van der Waals surface area contributed by atoms with Gasteiger partial charge in [-0.3, -0.25) is 0 Å². The van der Waals surface area contributed by atoms with Gasteiger partial charge in [0.05, 0.1) is 19.1 Å². The zero-order valence-electron chi connectivity index (χ0n) is 13.9. The number of hydrogen-bond acceptors (Lipinski definition) is 4. The van der Waals surface area contributed by atoms with Gasteiger partial charge in [0.25, 0.3) is 0 Å². The number of furan rings is 1. The molecule has 0 radical (unpaired) electrons. The monoisotopic (exact) mass is 330 g/mol. The van der Waals surface area contributed by atoms with E-state index in [1.165, 1.54) is 0 Å². The first kappa shape index (κ1) is 16.2. The lowest BCUT2D eigenvalue weighted by Crippen LogP contribution is -2.34. The molecule has 1 aromatic carbocycles. The molecular formula is C18H22N2O4. The molecule has 2 N–H and O–H groups in total. The Kier molecular flexibility index (Phi) is 4.93. The number of benzene rings is 1. The largest absolute Gasteiger partial charge is 0.494 e. The van der Waals surface area contributed by atoms with Crippen molar-refractivity contribution in [3.8, 4) is 11.5 Å². The van der Waals surface area contributed by atoms with Crippen LogP contribution in [0.2, 0.25) is 0 Å². The highest BCUT2D eigenvalue weighted by molar-refractivity contribution is 5.74. The Bertz CT molecular complexity index is 697. The lowest BCUT2D eigenvalue weighted by Gasteiger charge is -2.13. The van der Waals surface area contributed by atoms with E-state index in [0.717, 1.165) is 34.6 Å². The van der Waals surface area contributed by atoms with Crippen LogP contribution in [0.1, 0.15) is 30.5 Å². The second kappa shape index (κ2) is 7.29. The maximum absolute atomic E-state index is 11.9. The highest BCUT2D eigenvalue weighted by atomic mass is 16.5. The lowest BCUT2D eigenvalue weighted by atomic mass is 10.1. The van der Waals surface area contributed by atoms with E-state index >= 15 is 0 Å². The average Bonchev–Trinajstić information content (AvgIpc) is 3.19. The normalized spacial score (nSPS) is 15.5. The summed E-state index contributed by atoms with van der Waals surface area (Å²) in [4.78, 5) is 11.9. The Labute approximate surface area is 141 Å². The van der Waals surface area contributed by atoms with Crippen molar-refractivity contribution in [3.63, 3.8) is 0 Å². The molecule has 0 unspecified atom stereocenters. The third-order valence-electron chi connectivity index (χ3n) is 3.85. The van der Waals surface area contributed by atoms with Crippen LogP contribution in [0.5, 0.6) is 11.5 Å². The van der Waals surface area contributed by atoms with Crippen LogP contribution >= 0.6 is 0 Å². The van der Waals surface area contributed by atoms with Gasteiger partial charge in [-0.1, -0.05) is 0 Å². The number of amides is 2. The van der Waals surface area contributed by atoms with Gasteiger partial charge in [0, 0.05) is 36.2 Å². The second-order valence-electron chi connectivity index (χ2n) is 5.80. The van der Waals surface area contributed by atoms with Crippen LogP contribution < -0.4 is 20.1 Å². The van der Waals surface area contributed by atoms with E-state index in [-0.39, 0.29) is 12.1 Å². The molecule has 24 heavy (non-hydrogen) atoms. The van der Waals surface area contributed by atoms with Crippen molar-refractivity contribution in [3.05, 3.63) is 47.4 Å². The Hall–Kier alpha value is -2.63. The number of ether oxygens (including phenoxy) is 2. The fourth-order valence-electron chi connectivity index (χ4n) is 2.72. The van der Waals surface area contributed by atoms with Gasteiger partial charge in [-0.15, -0.1) is 0 Å². The molecule has 6 nitrogen and oxygen atoms in total. The minimum atomic E-state index is -0.242. The number of carbonyl (C=O) groups is 1. The molecule has 2 amide bonds. The Morgan fingerprint density at radius 2 is 2.17 bits per heavy atom. The smallest absolute Gasteiger partial charge is 0.315 e. The fourth-order valence-corrected chi connectivity index (χ4v) is 2.72. The van der Waals surface area contributed by atoms with Gasteiger partial charge >= 0.3 is 6.03 Å². The van der Waals surface area contributed by atoms with Gasteiger partial charge in [-0.05, 0) is 32.0 Å². The van der Waals surface area contributed by atoms with Crippen molar-refractivity contribution >= 4 is 6.03 Å². The molecule has 0 bridgehead atoms. The Balaban J connectivity index is 1.61. The molecule has 0 spiro atoms. The summed E-state index contributed by atoms with van der Waals surface area (Å²) in [6.45, 7) is 5.36. The number of nitrogens with one attached hydrogen (secondary N) is 2. The number of hydrogen-bond donors (Lipinski definition) is 2. The van der Waals surface area contributed by atoms with Gasteiger partial charge in [0.1, 0.15) is 17.6 Å². The first-order chi connectivity index (χ1) is 11.7. The molecule has 0 saturated carbocycles. The summed E-state index contributed by atoms with van der Waals surface area (Å²) in [5.74, 6) is 1.67. The maximum Gasteiger partial charge on any atom is 0.315 e. The molecule has 1 aromatic heterocycles. The zero-order valence-corrected chi connectivity index (χ0v) is 13.9. The molecular weight excluding hydrogens is 308 g/mol. The summed E-state index contributed by atoms with van der Waals surface area (Å²) < 4.78 is 16.5. The summed E-state index contributed by atoms with van der Waals surface area (Å²) in [6, 6.07) is 5.54. The molecule has 0 saturated heterocycles. The van der Waals surface area contributed by atoms with E-state index in [1.807, 2.05) is 32.0 Å². The van der Waals surface area contributed by atoms with E-state index in [1.54, 1.807) is 12.5 Å². The maximum atomic E-state index is 11.9. The molecule has 0 fully saturated rings. The average molecular weight is 330 g/mol. The van der Waals surface area contributed by atoms with E-state index in [0.29, 0.717) is 19.7 Å². The van der Waals surface area contributed by atoms with Crippen LogP contribution in [0.25, 0.3) is 0 Å².